The minimum Gasteiger partial charge on any atom is -0.395 e. The van der Waals surface area contributed by atoms with Gasteiger partial charge in [-0.1, -0.05) is 36.8 Å². The number of imidazole rings is 1. The Morgan fingerprint density at radius 1 is 1.32 bits per heavy atom. The highest BCUT2D eigenvalue weighted by Crippen LogP contribution is 2.43. The summed E-state index contributed by atoms with van der Waals surface area (Å²) in [5, 5.41) is 9.73. The molecule has 1 aliphatic carbocycles. The zero-order chi connectivity index (χ0) is 13.3. The Hall–Kier alpha value is -1.61. The first-order chi connectivity index (χ1) is 9.27. The van der Waals surface area contributed by atoms with Crippen molar-refractivity contribution in [3.05, 3.63) is 54.1 Å². The quantitative estimate of drug-likeness (QED) is 0.913. The third-order valence-electron chi connectivity index (χ3n) is 4.46. The maximum atomic E-state index is 9.73. The number of benzene rings is 1. The third kappa shape index (κ3) is 1.98. The van der Waals surface area contributed by atoms with E-state index in [2.05, 4.69) is 40.7 Å². The molecule has 19 heavy (non-hydrogen) atoms. The molecule has 1 fully saturated rings. The summed E-state index contributed by atoms with van der Waals surface area (Å²) in [6.45, 7) is 2.38. The van der Waals surface area contributed by atoms with Crippen molar-refractivity contribution in [2.24, 2.45) is 0 Å². The summed E-state index contributed by atoms with van der Waals surface area (Å²) in [6, 6.07) is 10.7. The second-order valence-electron chi connectivity index (χ2n) is 5.54. The molecular weight excluding hydrogens is 236 g/mol. The first-order valence-electron chi connectivity index (χ1n) is 6.96. The van der Waals surface area contributed by atoms with Crippen molar-refractivity contribution in [1.82, 2.24) is 9.55 Å². The summed E-state index contributed by atoms with van der Waals surface area (Å²) < 4.78 is 2.21. The van der Waals surface area contributed by atoms with Crippen molar-refractivity contribution < 1.29 is 5.11 Å². The Morgan fingerprint density at radius 2 is 2.05 bits per heavy atom. The first kappa shape index (κ1) is 12.4. The van der Waals surface area contributed by atoms with Gasteiger partial charge in [-0.25, -0.2) is 4.98 Å². The number of nitrogens with zero attached hydrogens (tertiary/aromatic N) is 2. The van der Waals surface area contributed by atoms with Crippen LogP contribution in [0.25, 0.3) is 0 Å². The van der Waals surface area contributed by atoms with E-state index in [0.717, 1.165) is 18.7 Å². The van der Waals surface area contributed by atoms with Crippen LogP contribution in [0.15, 0.2) is 42.7 Å². The standard InChI is InChI=1S/C16H20N2O/c1-13(14-6-3-2-4-7-14)18-11-10-17-15(18)16(12-19)8-5-9-16/h2-4,6-7,10-11,13,19H,5,8-9,12H2,1H3. The number of hydrogen-bond acceptors (Lipinski definition) is 2. The van der Waals surface area contributed by atoms with Gasteiger partial charge in [0.15, 0.2) is 0 Å². The summed E-state index contributed by atoms with van der Waals surface area (Å²) in [5.41, 5.74) is 1.17. The molecule has 1 aliphatic rings. The van der Waals surface area contributed by atoms with E-state index in [1.54, 1.807) is 0 Å². The second-order valence-corrected chi connectivity index (χ2v) is 5.54. The highest BCUT2D eigenvalue weighted by atomic mass is 16.3. The van der Waals surface area contributed by atoms with Crippen LogP contribution in [0.1, 0.15) is 43.6 Å². The second kappa shape index (κ2) is 4.82. The summed E-state index contributed by atoms with van der Waals surface area (Å²) in [7, 11) is 0. The van der Waals surface area contributed by atoms with Crippen LogP contribution in [0.4, 0.5) is 0 Å². The smallest absolute Gasteiger partial charge is 0.117 e. The van der Waals surface area contributed by atoms with Crippen molar-refractivity contribution in [3.63, 3.8) is 0 Å². The monoisotopic (exact) mass is 256 g/mol. The van der Waals surface area contributed by atoms with Crippen LogP contribution in [0, 0.1) is 0 Å². The Kier molecular flexibility index (Phi) is 3.15. The lowest BCUT2D eigenvalue weighted by molar-refractivity contribution is 0.108. The number of rotatable bonds is 4. The van der Waals surface area contributed by atoms with Gasteiger partial charge in [-0.2, -0.15) is 0 Å². The number of aliphatic hydroxyl groups excluding tert-OH is 1. The topological polar surface area (TPSA) is 38.0 Å². The van der Waals surface area contributed by atoms with Gasteiger partial charge >= 0.3 is 0 Å². The normalized spacial score (nSPS) is 18.8. The minimum absolute atomic E-state index is 0.105. The summed E-state index contributed by atoms with van der Waals surface area (Å²) in [6.07, 6.45) is 7.16. The molecule has 100 valence electrons. The molecule has 1 unspecified atom stereocenters. The van der Waals surface area contributed by atoms with Crippen LogP contribution in [0.5, 0.6) is 0 Å². The fraction of sp³-hybridized carbons (Fsp3) is 0.438. The summed E-state index contributed by atoms with van der Waals surface area (Å²) >= 11 is 0. The molecule has 2 aromatic rings. The van der Waals surface area contributed by atoms with E-state index in [1.165, 1.54) is 12.0 Å². The molecule has 0 bridgehead atoms. The van der Waals surface area contributed by atoms with Crippen LogP contribution in [0.2, 0.25) is 0 Å². The van der Waals surface area contributed by atoms with Gasteiger partial charge in [-0.3, -0.25) is 0 Å². The molecule has 0 aliphatic heterocycles. The zero-order valence-corrected chi connectivity index (χ0v) is 11.3. The Labute approximate surface area is 113 Å². The van der Waals surface area contributed by atoms with Crippen molar-refractivity contribution in [2.75, 3.05) is 6.61 Å². The van der Waals surface area contributed by atoms with Crippen molar-refractivity contribution >= 4 is 0 Å². The fourth-order valence-electron chi connectivity index (χ4n) is 2.98. The van der Waals surface area contributed by atoms with E-state index in [-0.39, 0.29) is 18.1 Å². The van der Waals surface area contributed by atoms with Crippen molar-refractivity contribution in [3.8, 4) is 0 Å². The molecule has 1 N–H and O–H groups in total. The predicted octanol–water partition coefficient (Wildman–Crippen LogP) is 2.91. The van der Waals surface area contributed by atoms with E-state index in [0.29, 0.717) is 0 Å². The van der Waals surface area contributed by atoms with Gasteiger partial charge in [0.1, 0.15) is 5.82 Å². The van der Waals surface area contributed by atoms with Gasteiger partial charge in [0, 0.05) is 12.4 Å². The molecule has 1 aromatic heterocycles. The maximum absolute atomic E-state index is 9.73. The lowest BCUT2D eigenvalue weighted by atomic mass is 9.68. The van der Waals surface area contributed by atoms with E-state index in [4.69, 9.17) is 0 Å². The molecule has 1 saturated carbocycles. The van der Waals surface area contributed by atoms with Crippen LogP contribution < -0.4 is 0 Å². The van der Waals surface area contributed by atoms with Crippen LogP contribution >= 0.6 is 0 Å². The van der Waals surface area contributed by atoms with Gasteiger partial charge in [0.2, 0.25) is 0 Å². The van der Waals surface area contributed by atoms with Gasteiger partial charge in [0.25, 0.3) is 0 Å². The first-order valence-corrected chi connectivity index (χ1v) is 6.96. The minimum atomic E-state index is -0.105. The fourth-order valence-corrected chi connectivity index (χ4v) is 2.98. The van der Waals surface area contributed by atoms with Crippen LogP contribution in [0.3, 0.4) is 0 Å². The Morgan fingerprint density at radius 3 is 2.63 bits per heavy atom. The predicted molar refractivity (Wildman–Crippen MR) is 75.1 cm³/mol. The van der Waals surface area contributed by atoms with Crippen LogP contribution in [-0.4, -0.2) is 21.3 Å². The lowest BCUT2D eigenvalue weighted by Crippen LogP contribution is -2.41. The average molecular weight is 256 g/mol. The molecule has 0 spiro atoms. The molecule has 0 saturated heterocycles. The summed E-state index contributed by atoms with van der Waals surface area (Å²) in [5.74, 6) is 1.04. The molecule has 3 heteroatoms. The number of hydrogen-bond donors (Lipinski definition) is 1. The molecule has 3 nitrogen and oxygen atoms in total. The van der Waals surface area contributed by atoms with Gasteiger partial charge in [0.05, 0.1) is 18.1 Å². The van der Waals surface area contributed by atoms with E-state index >= 15 is 0 Å². The maximum Gasteiger partial charge on any atom is 0.117 e. The molecular formula is C16H20N2O. The summed E-state index contributed by atoms with van der Waals surface area (Å²) in [4.78, 5) is 4.53. The lowest BCUT2D eigenvalue weighted by Gasteiger charge is -2.40. The highest BCUT2D eigenvalue weighted by Gasteiger charge is 2.42. The SMILES string of the molecule is CC(c1ccccc1)n1ccnc1C1(CO)CCC1. The van der Waals surface area contributed by atoms with Gasteiger partial charge in [-0.05, 0) is 25.3 Å². The third-order valence-corrected chi connectivity index (χ3v) is 4.46. The number of aromatic nitrogens is 2. The van der Waals surface area contributed by atoms with Crippen molar-refractivity contribution in [2.45, 2.75) is 37.6 Å². The zero-order valence-electron chi connectivity index (χ0n) is 11.3. The molecule has 0 amide bonds. The largest absolute Gasteiger partial charge is 0.395 e. The van der Waals surface area contributed by atoms with E-state index < -0.39 is 0 Å². The molecule has 1 atom stereocenters. The molecule has 0 radical (unpaired) electrons. The molecule has 1 aromatic carbocycles. The molecule has 3 rings (SSSR count). The van der Waals surface area contributed by atoms with Gasteiger partial charge in [-0.15, -0.1) is 0 Å². The van der Waals surface area contributed by atoms with Crippen LogP contribution in [-0.2, 0) is 5.41 Å². The van der Waals surface area contributed by atoms with Gasteiger partial charge < -0.3 is 9.67 Å². The van der Waals surface area contributed by atoms with E-state index in [9.17, 15) is 5.11 Å². The Balaban J connectivity index is 1.96. The van der Waals surface area contributed by atoms with Crippen molar-refractivity contribution in [1.29, 1.82) is 0 Å². The van der Waals surface area contributed by atoms with E-state index in [1.807, 2.05) is 18.5 Å². The Bertz CT molecular complexity index is 537. The average Bonchev–Trinajstić information content (AvgIpc) is 2.88. The highest BCUT2D eigenvalue weighted by molar-refractivity contribution is 5.23. The molecule has 1 heterocycles. The number of aliphatic hydroxyl groups is 1.